The molecular weight excluding hydrogens is 160 g/mol. The summed E-state index contributed by atoms with van der Waals surface area (Å²) >= 11 is 0. The molecule has 2 heteroatoms. The quantitative estimate of drug-likeness (QED) is 0.634. The molecule has 0 spiro atoms. The van der Waals surface area contributed by atoms with E-state index >= 15 is 0 Å². The molecule has 0 aromatic carbocycles. The van der Waals surface area contributed by atoms with E-state index in [-0.39, 0.29) is 5.54 Å². The van der Waals surface area contributed by atoms with Crippen LogP contribution in [0.3, 0.4) is 0 Å². The predicted octanol–water partition coefficient (Wildman–Crippen LogP) is 1.88. The third-order valence-corrected chi connectivity index (χ3v) is 2.86. The van der Waals surface area contributed by atoms with Crippen LogP contribution in [0.1, 0.15) is 27.2 Å². The molecule has 0 fully saturated rings. The molecule has 1 atom stereocenters. The normalized spacial score (nSPS) is 14.6. The summed E-state index contributed by atoms with van der Waals surface area (Å²) in [6.45, 7) is 11.5. The third-order valence-electron chi connectivity index (χ3n) is 2.86. The van der Waals surface area contributed by atoms with Crippen molar-refractivity contribution >= 4 is 0 Å². The predicted molar refractivity (Wildman–Crippen MR) is 60.0 cm³/mol. The summed E-state index contributed by atoms with van der Waals surface area (Å²) in [5.74, 6) is 0. The molecule has 0 saturated carbocycles. The maximum Gasteiger partial charge on any atom is 0.0303 e. The highest BCUT2D eigenvalue weighted by Crippen LogP contribution is 2.18. The first kappa shape index (κ1) is 12.7. The van der Waals surface area contributed by atoms with Gasteiger partial charge in [-0.25, -0.2) is 0 Å². The van der Waals surface area contributed by atoms with Crippen LogP contribution in [-0.4, -0.2) is 37.1 Å². The first-order valence-electron chi connectivity index (χ1n) is 4.98. The molecular formula is C11H24N2. The van der Waals surface area contributed by atoms with E-state index in [1.807, 2.05) is 6.08 Å². The number of rotatable bonds is 6. The van der Waals surface area contributed by atoms with Gasteiger partial charge in [0.1, 0.15) is 0 Å². The highest BCUT2D eigenvalue weighted by Gasteiger charge is 2.29. The molecule has 0 aromatic rings. The fraction of sp³-hybridized carbons (Fsp3) is 0.818. The Labute approximate surface area is 83.0 Å². The van der Waals surface area contributed by atoms with E-state index in [1.54, 1.807) is 0 Å². The summed E-state index contributed by atoms with van der Waals surface area (Å²) in [5.41, 5.74) is 0.171. The molecule has 1 N–H and O–H groups in total. The van der Waals surface area contributed by atoms with Gasteiger partial charge in [-0.2, -0.15) is 0 Å². The van der Waals surface area contributed by atoms with Gasteiger partial charge in [0.15, 0.2) is 0 Å². The fourth-order valence-electron chi connectivity index (χ4n) is 1.35. The molecule has 0 aliphatic carbocycles. The Balaban J connectivity index is 4.40. The number of hydrogen-bond acceptors (Lipinski definition) is 2. The first-order chi connectivity index (χ1) is 5.96. The lowest BCUT2D eigenvalue weighted by Crippen LogP contribution is -2.54. The lowest BCUT2D eigenvalue weighted by Gasteiger charge is -2.40. The Morgan fingerprint density at radius 2 is 2.00 bits per heavy atom. The molecule has 0 saturated heterocycles. The molecule has 0 aromatic heterocycles. The number of nitrogens with one attached hydrogen (secondary N) is 1. The maximum absolute atomic E-state index is 3.80. The van der Waals surface area contributed by atoms with Crippen LogP contribution in [0.25, 0.3) is 0 Å². The van der Waals surface area contributed by atoms with Gasteiger partial charge in [0.2, 0.25) is 0 Å². The van der Waals surface area contributed by atoms with Gasteiger partial charge in [0, 0.05) is 11.6 Å². The van der Waals surface area contributed by atoms with Crippen molar-refractivity contribution in [2.75, 3.05) is 20.6 Å². The highest BCUT2D eigenvalue weighted by atomic mass is 15.2. The van der Waals surface area contributed by atoms with E-state index in [2.05, 4.69) is 51.7 Å². The Morgan fingerprint density at radius 3 is 2.31 bits per heavy atom. The van der Waals surface area contributed by atoms with Crippen molar-refractivity contribution in [1.29, 1.82) is 0 Å². The van der Waals surface area contributed by atoms with Gasteiger partial charge >= 0.3 is 0 Å². The van der Waals surface area contributed by atoms with Crippen molar-refractivity contribution < 1.29 is 0 Å². The van der Waals surface area contributed by atoms with Crippen molar-refractivity contribution in [3.63, 3.8) is 0 Å². The van der Waals surface area contributed by atoms with Crippen LogP contribution in [0.4, 0.5) is 0 Å². The molecule has 2 nitrogen and oxygen atoms in total. The topological polar surface area (TPSA) is 15.3 Å². The van der Waals surface area contributed by atoms with E-state index in [1.165, 1.54) is 0 Å². The van der Waals surface area contributed by atoms with E-state index in [0.717, 1.165) is 13.0 Å². The minimum absolute atomic E-state index is 0.171. The molecule has 0 rings (SSSR count). The van der Waals surface area contributed by atoms with Crippen molar-refractivity contribution in [2.45, 2.75) is 38.8 Å². The van der Waals surface area contributed by atoms with Gasteiger partial charge in [0.05, 0.1) is 0 Å². The minimum atomic E-state index is 0.171. The van der Waals surface area contributed by atoms with E-state index in [9.17, 15) is 0 Å². The lowest BCUT2D eigenvalue weighted by atomic mass is 9.90. The molecule has 78 valence electrons. The second-order valence-electron chi connectivity index (χ2n) is 4.18. The largest absolute Gasteiger partial charge is 0.312 e. The van der Waals surface area contributed by atoms with Gasteiger partial charge in [-0.3, -0.25) is 0 Å². The van der Waals surface area contributed by atoms with Crippen LogP contribution in [-0.2, 0) is 0 Å². The maximum atomic E-state index is 3.80. The molecule has 0 aliphatic rings. The van der Waals surface area contributed by atoms with Crippen LogP contribution in [0, 0.1) is 0 Å². The fourth-order valence-corrected chi connectivity index (χ4v) is 1.35. The molecule has 0 bridgehead atoms. The second kappa shape index (κ2) is 5.40. The highest BCUT2D eigenvalue weighted by molar-refractivity contribution is 4.94. The summed E-state index contributed by atoms with van der Waals surface area (Å²) < 4.78 is 0. The smallest absolute Gasteiger partial charge is 0.0303 e. The van der Waals surface area contributed by atoms with Crippen LogP contribution in [0.15, 0.2) is 12.7 Å². The van der Waals surface area contributed by atoms with Gasteiger partial charge in [-0.1, -0.05) is 13.0 Å². The van der Waals surface area contributed by atoms with E-state index in [0.29, 0.717) is 6.04 Å². The lowest BCUT2D eigenvalue weighted by molar-refractivity contribution is 0.139. The van der Waals surface area contributed by atoms with Gasteiger partial charge in [0.25, 0.3) is 0 Å². The summed E-state index contributed by atoms with van der Waals surface area (Å²) in [6, 6.07) is 0.477. The summed E-state index contributed by atoms with van der Waals surface area (Å²) in [6.07, 6.45) is 3.00. The second-order valence-corrected chi connectivity index (χ2v) is 4.18. The first-order valence-corrected chi connectivity index (χ1v) is 4.98. The standard InChI is InChI=1S/C11H24N2/c1-7-9-10(12-8-2)11(3,4)13(5)6/h7,10,12H,1,8-9H2,2-6H3. The summed E-state index contributed by atoms with van der Waals surface area (Å²) in [4.78, 5) is 2.25. The Kier molecular flexibility index (Phi) is 5.26. The number of likely N-dealkylation sites (N-methyl/N-ethyl adjacent to an activating group) is 2. The van der Waals surface area contributed by atoms with Gasteiger partial charge in [-0.15, -0.1) is 6.58 Å². The van der Waals surface area contributed by atoms with Crippen LogP contribution >= 0.6 is 0 Å². The summed E-state index contributed by atoms with van der Waals surface area (Å²) in [7, 11) is 4.24. The summed E-state index contributed by atoms with van der Waals surface area (Å²) in [5, 5.41) is 3.49. The van der Waals surface area contributed by atoms with Gasteiger partial charge in [-0.05, 0) is 40.9 Å². The monoisotopic (exact) mass is 184 g/mol. The van der Waals surface area contributed by atoms with Crippen molar-refractivity contribution in [2.24, 2.45) is 0 Å². The minimum Gasteiger partial charge on any atom is -0.312 e. The average molecular weight is 184 g/mol. The van der Waals surface area contributed by atoms with Crippen molar-refractivity contribution in [3.8, 4) is 0 Å². The van der Waals surface area contributed by atoms with Crippen molar-refractivity contribution in [3.05, 3.63) is 12.7 Å². The Bertz CT molecular complexity index is 150. The molecule has 0 aliphatic heterocycles. The number of nitrogens with zero attached hydrogens (tertiary/aromatic N) is 1. The van der Waals surface area contributed by atoms with Crippen LogP contribution in [0.5, 0.6) is 0 Å². The van der Waals surface area contributed by atoms with Gasteiger partial charge < -0.3 is 10.2 Å². The number of hydrogen-bond donors (Lipinski definition) is 1. The Morgan fingerprint density at radius 1 is 1.46 bits per heavy atom. The molecule has 1 unspecified atom stereocenters. The van der Waals surface area contributed by atoms with E-state index in [4.69, 9.17) is 0 Å². The van der Waals surface area contributed by atoms with Crippen molar-refractivity contribution in [1.82, 2.24) is 10.2 Å². The molecule has 0 radical (unpaired) electrons. The molecule has 0 amide bonds. The zero-order valence-electron chi connectivity index (χ0n) is 9.72. The zero-order valence-corrected chi connectivity index (χ0v) is 9.72. The third kappa shape index (κ3) is 3.49. The Hall–Kier alpha value is -0.340. The molecule has 0 heterocycles. The average Bonchev–Trinajstić information content (AvgIpc) is 2.03. The van der Waals surface area contributed by atoms with Crippen LogP contribution < -0.4 is 5.32 Å². The van der Waals surface area contributed by atoms with Crippen LogP contribution in [0.2, 0.25) is 0 Å². The SMILES string of the molecule is C=CCC(NCC)C(C)(C)N(C)C. The van der Waals surface area contributed by atoms with E-state index < -0.39 is 0 Å². The molecule has 13 heavy (non-hydrogen) atoms. The zero-order chi connectivity index (χ0) is 10.5.